The highest BCUT2D eigenvalue weighted by Gasteiger charge is 2.17. The number of anilines is 1. The molecule has 5 nitrogen and oxygen atoms in total. The first-order valence-electron chi connectivity index (χ1n) is 6.55. The summed E-state index contributed by atoms with van der Waals surface area (Å²) in [6.07, 6.45) is 2.15. The van der Waals surface area contributed by atoms with Gasteiger partial charge in [-0.1, -0.05) is 12.2 Å². The van der Waals surface area contributed by atoms with Crippen LogP contribution >= 0.6 is 12.2 Å². The molecular weight excluding hydrogens is 260 g/mol. The molecule has 0 unspecified atom stereocenters. The summed E-state index contributed by atoms with van der Waals surface area (Å²) in [5.41, 5.74) is 8.47. The van der Waals surface area contributed by atoms with Gasteiger partial charge in [0.25, 0.3) is 0 Å². The first kappa shape index (κ1) is 14.1. The third-order valence-corrected chi connectivity index (χ3v) is 3.80. The van der Waals surface area contributed by atoms with Crippen molar-refractivity contribution in [2.45, 2.75) is 26.7 Å². The molecule has 1 fully saturated rings. The predicted octanol–water partition coefficient (Wildman–Crippen LogP) is 1.57. The van der Waals surface area contributed by atoms with Gasteiger partial charge in [0.05, 0.1) is 11.3 Å². The fraction of sp³-hybridized carbons (Fsp3) is 0.615. The lowest BCUT2D eigenvalue weighted by atomic mass is 10.0. The van der Waals surface area contributed by atoms with Gasteiger partial charge in [0.1, 0.15) is 4.99 Å². The second kappa shape index (κ2) is 6.25. The Balaban J connectivity index is 2.11. The minimum Gasteiger partial charge on any atom is -0.389 e. The summed E-state index contributed by atoms with van der Waals surface area (Å²) in [5, 5.41) is 11.7. The maximum atomic E-state index is 5.80. The minimum atomic E-state index is 0.366. The van der Waals surface area contributed by atoms with Gasteiger partial charge in [-0.15, -0.1) is 5.10 Å². The van der Waals surface area contributed by atoms with E-state index in [1.54, 1.807) is 0 Å². The lowest BCUT2D eigenvalue weighted by Crippen LogP contribution is -2.25. The number of rotatable bonds is 4. The topological polar surface area (TPSA) is 73.1 Å². The molecule has 0 radical (unpaired) electrons. The average Bonchev–Trinajstić information content (AvgIpc) is 2.41. The Labute approximate surface area is 118 Å². The molecule has 0 atom stereocenters. The van der Waals surface area contributed by atoms with E-state index in [0.717, 1.165) is 49.4 Å². The molecule has 0 saturated carbocycles. The number of hydrogen-bond acceptors (Lipinski definition) is 5. The quantitative estimate of drug-likeness (QED) is 0.816. The molecule has 19 heavy (non-hydrogen) atoms. The first-order chi connectivity index (χ1) is 9.09. The first-order valence-corrected chi connectivity index (χ1v) is 6.95. The second-order valence-corrected chi connectivity index (χ2v) is 5.37. The monoisotopic (exact) mass is 280 g/mol. The Morgan fingerprint density at radius 2 is 2.05 bits per heavy atom. The van der Waals surface area contributed by atoms with E-state index in [1.807, 2.05) is 13.8 Å². The molecule has 3 N–H and O–H groups in total. The molecule has 1 saturated heterocycles. The summed E-state index contributed by atoms with van der Waals surface area (Å²) in [7, 11) is 0. The molecular formula is C13H20N4OS. The van der Waals surface area contributed by atoms with Crippen molar-refractivity contribution in [3.05, 3.63) is 16.8 Å². The van der Waals surface area contributed by atoms with Crippen LogP contribution in [-0.2, 0) is 4.74 Å². The van der Waals surface area contributed by atoms with E-state index in [-0.39, 0.29) is 0 Å². The Morgan fingerprint density at radius 3 is 2.68 bits per heavy atom. The Kier molecular flexibility index (Phi) is 4.66. The van der Waals surface area contributed by atoms with E-state index < -0.39 is 0 Å². The maximum absolute atomic E-state index is 5.80. The number of ether oxygens (including phenoxy) is 1. The smallest absolute Gasteiger partial charge is 0.159 e. The summed E-state index contributed by atoms with van der Waals surface area (Å²) in [5.74, 6) is 1.30. The molecule has 2 heterocycles. The van der Waals surface area contributed by atoms with Crippen LogP contribution in [0.25, 0.3) is 0 Å². The molecule has 0 bridgehead atoms. The highest BCUT2D eigenvalue weighted by atomic mass is 32.1. The molecule has 0 aliphatic carbocycles. The molecule has 0 spiro atoms. The van der Waals surface area contributed by atoms with Crippen molar-refractivity contribution in [2.24, 2.45) is 11.7 Å². The van der Waals surface area contributed by atoms with E-state index in [1.165, 1.54) is 0 Å². The summed E-state index contributed by atoms with van der Waals surface area (Å²) in [6.45, 7) is 6.42. The zero-order valence-electron chi connectivity index (χ0n) is 11.4. The van der Waals surface area contributed by atoms with E-state index in [9.17, 15) is 0 Å². The van der Waals surface area contributed by atoms with Crippen molar-refractivity contribution in [1.82, 2.24) is 10.2 Å². The Bertz CT molecular complexity index is 472. The zero-order chi connectivity index (χ0) is 13.8. The van der Waals surface area contributed by atoms with E-state index in [4.69, 9.17) is 22.7 Å². The summed E-state index contributed by atoms with van der Waals surface area (Å²) in [6, 6.07) is 0. The van der Waals surface area contributed by atoms with Gasteiger partial charge in [-0.05, 0) is 38.2 Å². The number of nitrogens with zero attached hydrogens (tertiary/aromatic N) is 2. The van der Waals surface area contributed by atoms with Gasteiger partial charge in [-0.25, -0.2) is 0 Å². The molecule has 1 aliphatic heterocycles. The number of hydrogen-bond donors (Lipinski definition) is 2. The average molecular weight is 280 g/mol. The van der Waals surface area contributed by atoms with Crippen molar-refractivity contribution in [3.8, 4) is 0 Å². The van der Waals surface area contributed by atoms with Crippen LogP contribution in [0.2, 0.25) is 0 Å². The predicted molar refractivity (Wildman–Crippen MR) is 79.4 cm³/mol. The lowest BCUT2D eigenvalue weighted by Gasteiger charge is -2.23. The van der Waals surface area contributed by atoms with Crippen LogP contribution in [0, 0.1) is 19.8 Å². The number of aromatic nitrogens is 2. The van der Waals surface area contributed by atoms with E-state index >= 15 is 0 Å². The van der Waals surface area contributed by atoms with E-state index in [0.29, 0.717) is 16.7 Å². The lowest BCUT2D eigenvalue weighted by molar-refractivity contribution is 0.0699. The van der Waals surface area contributed by atoms with Gasteiger partial charge >= 0.3 is 0 Å². The summed E-state index contributed by atoms with van der Waals surface area (Å²) in [4.78, 5) is 0.366. The fourth-order valence-electron chi connectivity index (χ4n) is 2.23. The highest BCUT2D eigenvalue weighted by molar-refractivity contribution is 7.80. The van der Waals surface area contributed by atoms with Crippen LogP contribution in [0.3, 0.4) is 0 Å². The van der Waals surface area contributed by atoms with Crippen LogP contribution in [0.1, 0.15) is 29.7 Å². The van der Waals surface area contributed by atoms with Crippen LogP contribution in [0.4, 0.5) is 5.82 Å². The van der Waals surface area contributed by atoms with Gasteiger partial charge in [0.2, 0.25) is 0 Å². The summed E-state index contributed by atoms with van der Waals surface area (Å²) >= 11 is 5.12. The van der Waals surface area contributed by atoms with Crippen molar-refractivity contribution in [2.75, 3.05) is 25.1 Å². The number of nitrogens with two attached hydrogens (primary N) is 1. The Morgan fingerprint density at radius 1 is 1.37 bits per heavy atom. The van der Waals surface area contributed by atoms with E-state index in [2.05, 4.69) is 15.5 Å². The molecule has 6 heteroatoms. The molecule has 1 aromatic heterocycles. The van der Waals surface area contributed by atoms with Crippen molar-refractivity contribution < 1.29 is 4.74 Å². The second-order valence-electron chi connectivity index (χ2n) is 4.93. The van der Waals surface area contributed by atoms with Gasteiger partial charge in [-0.3, -0.25) is 0 Å². The molecule has 0 amide bonds. The van der Waals surface area contributed by atoms with Gasteiger partial charge in [-0.2, -0.15) is 5.10 Å². The standard InChI is InChI=1S/C13H20N4OS/c1-8-9(2)16-17-13(11(8)12(14)19)15-7-10-3-5-18-6-4-10/h10H,3-7H2,1-2H3,(H2,14,19)(H,15,17). The molecule has 2 rings (SSSR count). The molecule has 1 aliphatic rings. The van der Waals surface area contributed by atoms with Crippen molar-refractivity contribution in [1.29, 1.82) is 0 Å². The highest BCUT2D eigenvalue weighted by Crippen LogP contribution is 2.20. The van der Waals surface area contributed by atoms with Crippen LogP contribution in [-0.4, -0.2) is 34.9 Å². The summed E-state index contributed by atoms with van der Waals surface area (Å²) < 4.78 is 5.35. The number of aryl methyl sites for hydroxylation is 1. The maximum Gasteiger partial charge on any atom is 0.159 e. The van der Waals surface area contributed by atoms with Crippen LogP contribution in [0.5, 0.6) is 0 Å². The zero-order valence-corrected chi connectivity index (χ0v) is 12.2. The normalized spacial score (nSPS) is 16.3. The van der Waals surface area contributed by atoms with Gasteiger partial charge in [0, 0.05) is 19.8 Å². The third kappa shape index (κ3) is 3.39. The molecule has 104 valence electrons. The number of thiocarbonyl (C=S) groups is 1. The third-order valence-electron chi connectivity index (χ3n) is 3.60. The van der Waals surface area contributed by atoms with Gasteiger partial charge in [0.15, 0.2) is 5.82 Å². The molecule has 1 aromatic rings. The fourth-order valence-corrected chi connectivity index (χ4v) is 2.48. The SMILES string of the molecule is Cc1nnc(NCC2CCOCC2)c(C(N)=S)c1C. The number of nitrogens with one attached hydrogen (secondary N) is 1. The minimum absolute atomic E-state index is 0.366. The van der Waals surface area contributed by atoms with Crippen LogP contribution in [0.15, 0.2) is 0 Å². The molecule has 0 aromatic carbocycles. The van der Waals surface area contributed by atoms with Crippen molar-refractivity contribution >= 4 is 23.0 Å². The largest absolute Gasteiger partial charge is 0.389 e. The van der Waals surface area contributed by atoms with Gasteiger partial charge < -0.3 is 15.8 Å². The van der Waals surface area contributed by atoms with Crippen molar-refractivity contribution in [3.63, 3.8) is 0 Å². The Hall–Kier alpha value is -1.27. The van der Waals surface area contributed by atoms with Crippen LogP contribution < -0.4 is 11.1 Å².